The molecule has 1 rings (SSSR count). The van der Waals surface area contributed by atoms with E-state index in [1.807, 2.05) is 0 Å². The maximum Gasteiger partial charge on any atom is 0.0215 e. The van der Waals surface area contributed by atoms with Gasteiger partial charge in [0.1, 0.15) is 0 Å². The van der Waals surface area contributed by atoms with Crippen molar-refractivity contribution in [2.24, 2.45) is 0 Å². The highest BCUT2D eigenvalue weighted by molar-refractivity contribution is 8.68. The molecular formula is C20H34S2. The van der Waals surface area contributed by atoms with Gasteiger partial charge in [-0.15, -0.1) is 11.7 Å². The maximum atomic E-state index is 4.46. The molecule has 0 saturated carbocycles. The van der Waals surface area contributed by atoms with Crippen LogP contribution in [0, 0.1) is 0 Å². The molecule has 0 heterocycles. The van der Waals surface area contributed by atoms with E-state index in [2.05, 4.69) is 43.7 Å². The molecule has 0 nitrogen and oxygen atoms in total. The van der Waals surface area contributed by atoms with Crippen molar-refractivity contribution in [3.05, 3.63) is 29.3 Å². The van der Waals surface area contributed by atoms with E-state index in [0.717, 1.165) is 0 Å². The van der Waals surface area contributed by atoms with Gasteiger partial charge in [-0.3, -0.25) is 0 Å². The molecular weight excluding hydrogens is 304 g/mol. The van der Waals surface area contributed by atoms with E-state index in [4.69, 9.17) is 0 Å². The SMILES string of the molecule is CCCCCCCc1cccc(SS)c1CCCCCCC. The molecule has 0 spiro atoms. The summed E-state index contributed by atoms with van der Waals surface area (Å²) >= 11 is 4.46. The van der Waals surface area contributed by atoms with Gasteiger partial charge in [0.2, 0.25) is 0 Å². The Morgan fingerprint density at radius 3 is 1.95 bits per heavy atom. The first-order chi connectivity index (χ1) is 10.8. The van der Waals surface area contributed by atoms with Gasteiger partial charge >= 0.3 is 0 Å². The second kappa shape index (κ2) is 13.4. The molecule has 0 amide bonds. The highest BCUT2D eigenvalue weighted by Gasteiger charge is 2.08. The number of hydrogen-bond acceptors (Lipinski definition) is 2. The maximum absolute atomic E-state index is 4.46. The van der Waals surface area contributed by atoms with Crippen molar-refractivity contribution in [3.63, 3.8) is 0 Å². The summed E-state index contributed by atoms with van der Waals surface area (Å²) in [4.78, 5) is 1.38. The second-order valence-electron chi connectivity index (χ2n) is 6.31. The Labute approximate surface area is 147 Å². The molecule has 1 aromatic carbocycles. The van der Waals surface area contributed by atoms with Gasteiger partial charge in [-0.25, -0.2) is 0 Å². The van der Waals surface area contributed by atoms with E-state index in [-0.39, 0.29) is 0 Å². The number of hydrogen-bond donors (Lipinski definition) is 1. The first-order valence-corrected chi connectivity index (χ1v) is 11.1. The smallest absolute Gasteiger partial charge is 0.0215 e. The highest BCUT2D eigenvalue weighted by Crippen LogP contribution is 2.30. The standard InChI is InChI=1S/C20H34S2/c1-3-5-7-9-11-14-18-15-13-17-20(22-21)19(18)16-12-10-8-6-4-2/h13,15,17,21H,3-12,14,16H2,1-2H3. The van der Waals surface area contributed by atoms with E-state index >= 15 is 0 Å². The molecule has 0 radical (unpaired) electrons. The van der Waals surface area contributed by atoms with Gasteiger partial charge in [0, 0.05) is 4.90 Å². The predicted octanol–water partition coefficient (Wildman–Crippen LogP) is 7.65. The minimum atomic E-state index is 1.23. The van der Waals surface area contributed by atoms with E-state index in [1.165, 1.54) is 81.9 Å². The molecule has 0 aliphatic carbocycles. The third-order valence-electron chi connectivity index (χ3n) is 4.41. The third-order valence-corrected chi connectivity index (χ3v) is 5.58. The lowest BCUT2D eigenvalue weighted by atomic mass is 9.96. The largest absolute Gasteiger partial charge is 0.106 e. The molecule has 0 saturated heterocycles. The summed E-state index contributed by atoms with van der Waals surface area (Å²) in [7, 11) is 1.62. The van der Waals surface area contributed by atoms with Crippen LogP contribution >= 0.6 is 22.5 Å². The third kappa shape index (κ3) is 7.97. The molecule has 1 aromatic rings. The zero-order chi connectivity index (χ0) is 16.0. The van der Waals surface area contributed by atoms with Crippen molar-refractivity contribution < 1.29 is 0 Å². The lowest BCUT2D eigenvalue weighted by Crippen LogP contribution is -1.98. The molecule has 0 bridgehead atoms. The molecule has 0 aliphatic rings. The van der Waals surface area contributed by atoms with E-state index < -0.39 is 0 Å². The number of thiol groups is 1. The minimum absolute atomic E-state index is 1.23. The lowest BCUT2D eigenvalue weighted by Gasteiger charge is -2.13. The first-order valence-electron chi connectivity index (χ1n) is 9.25. The fourth-order valence-electron chi connectivity index (χ4n) is 3.04. The summed E-state index contributed by atoms with van der Waals surface area (Å²) < 4.78 is 0. The van der Waals surface area contributed by atoms with Crippen LogP contribution in [0.3, 0.4) is 0 Å². The van der Waals surface area contributed by atoms with Crippen LogP contribution in [0.4, 0.5) is 0 Å². The van der Waals surface area contributed by atoms with Crippen LogP contribution in [0.1, 0.15) is 89.2 Å². The van der Waals surface area contributed by atoms with Gasteiger partial charge in [-0.2, -0.15) is 0 Å². The Kier molecular flexibility index (Phi) is 12.1. The van der Waals surface area contributed by atoms with Crippen molar-refractivity contribution in [3.8, 4) is 0 Å². The Morgan fingerprint density at radius 2 is 1.36 bits per heavy atom. The Balaban J connectivity index is 2.51. The van der Waals surface area contributed by atoms with Crippen molar-refractivity contribution >= 4 is 22.5 Å². The minimum Gasteiger partial charge on any atom is -0.106 e. The number of unbranched alkanes of at least 4 members (excludes halogenated alkanes) is 8. The van der Waals surface area contributed by atoms with Gasteiger partial charge in [0.15, 0.2) is 0 Å². The highest BCUT2D eigenvalue weighted by atomic mass is 33.1. The monoisotopic (exact) mass is 338 g/mol. The fraction of sp³-hybridized carbons (Fsp3) is 0.700. The van der Waals surface area contributed by atoms with Gasteiger partial charge in [-0.1, -0.05) is 88.1 Å². The number of rotatable bonds is 13. The molecule has 2 heteroatoms. The van der Waals surface area contributed by atoms with Crippen LogP contribution < -0.4 is 0 Å². The van der Waals surface area contributed by atoms with Crippen LogP contribution in [-0.2, 0) is 12.8 Å². The Bertz CT molecular complexity index is 387. The van der Waals surface area contributed by atoms with Crippen molar-refractivity contribution in [2.45, 2.75) is 95.8 Å². The summed E-state index contributed by atoms with van der Waals surface area (Å²) in [6, 6.07) is 6.79. The van der Waals surface area contributed by atoms with Crippen LogP contribution in [0.25, 0.3) is 0 Å². The van der Waals surface area contributed by atoms with Crippen molar-refractivity contribution in [1.82, 2.24) is 0 Å². The zero-order valence-corrected chi connectivity index (χ0v) is 16.3. The molecule has 22 heavy (non-hydrogen) atoms. The predicted molar refractivity (Wildman–Crippen MR) is 106 cm³/mol. The zero-order valence-electron chi connectivity index (χ0n) is 14.6. The average molecular weight is 339 g/mol. The van der Waals surface area contributed by atoms with E-state index in [1.54, 1.807) is 21.9 Å². The molecule has 0 aromatic heterocycles. The molecule has 0 N–H and O–H groups in total. The molecule has 126 valence electrons. The van der Waals surface area contributed by atoms with Crippen molar-refractivity contribution in [2.75, 3.05) is 0 Å². The van der Waals surface area contributed by atoms with Crippen LogP contribution in [0.5, 0.6) is 0 Å². The summed E-state index contributed by atoms with van der Waals surface area (Å²) in [5, 5.41) is 0. The Morgan fingerprint density at radius 1 is 0.773 bits per heavy atom. The van der Waals surface area contributed by atoms with Crippen molar-refractivity contribution in [1.29, 1.82) is 0 Å². The van der Waals surface area contributed by atoms with Crippen LogP contribution in [0.15, 0.2) is 23.1 Å². The summed E-state index contributed by atoms with van der Waals surface area (Å²) in [6.07, 6.45) is 16.1. The Hall–Kier alpha value is -0.0800. The van der Waals surface area contributed by atoms with E-state index in [9.17, 15) is 0 Å². The molecule has 0 atom stereocenters. The molecule has 0 fully saturated rings. The average Bonchev–Trinajstić information content (AvgIpc) is 2.55. The normalized spacial score (nSPS) is 11.0. The van der Waals surface area contributed by atoms with Crippen LogP contribution in [0.2, 0.25) is 0 Å². The summed E-state index contributed by atoms with van der Waals surface area (Å²) in [6.45, 7) is 4.56. The first kappa shape index (κ1) is 20.0. The molecule has 0 aliphatic heterocycles. The number of aryl methyl sites for hydroxylation is 1. The van der Waals surface area contributed by atoms with Gasteiger partial charge in [-0.05, 0) is 42.9 Å². The quantitative estimate of drug-likeness (QED) is 0.219. The number of benzene rings is 1. The fourth-order valence-corrected chi connectivity index (χ4v) is 4.03. The lowest BCUT2D eigenvalue weighted by molar-refractivity contribution is 0.618. The van der Waals surface area contributed by atoms with Gasteiger partial charge < -0.3 is 0 Å². The van der Waals surface area contributed by atoms with Gasteiger partial charge in [0.25, 0.3) is 0 Å². The van der Waals surface area contributed by atoms with Crippen LogP contribution in [-0.4, -0.2) is 0 Å². The topological polar surface area (TPSA) is 0 Å². The van der Waals surface area contributed by atoms with E-state index in [0.29, 0.717) is 0 Å². The summed E-state index contributed by atoms with van der Waals surface area (Å²) in [5.41, 5.74) is 3.15. The molecule has 0 unspecified atom stereocenters. The summed E-state index contributed by atoms with van der Waals surface area (Å²) in [5.74, 6) is 0. The van der Waals surface area contributed by atoms with Gasteiger partial charge in [0.05, 0.1) is 0 Å². The second-order valence-corrected chi connectivity index (χ2v) is 7.48.